The number of pyridine rings is 2. The molecule has 0 saturated heterocycles. The maximum absolute atomic E-state index is 13.7. The van der Waals surface area contributed by atoms with Gasteiger partial charge in [-0.05, 0) is 64.7 Å². The lowest BCUT2D eigenvalue weighted by Crippen LogP contribution is -2.32. The van der Waals surface area contributed by atoms with Gasteiger partial charge in [0.15, 0.2) is 0 Å². The molecule has 1 N–H and O–H groups in total. The Bertz CT molecular complexity index is 1390. The van der Waals surface area contributed by atoms with Gasteiger partial charge in [0.05, 0.1) is 29.6 Å². The molecule has 1 aromatic carbocycles. The standard InChI is InChI=1S/C32H39N3O6/c1-19(2)15-26-25(17-34-31(38)41-32(5,6)7)28(22-11-9-20(3)10-12-22)27(21(4)35-26)30(37)40-18-24-14-13-23(16-33-24)29(36)39-8/h9-14,16,19H,15,17-18H2,1-8H3,(H,34,38). The molecule has 0 saturated carbocycles. The molecule has 0 atom stereocenters. The highest BCUT2D eigenvalue weighted by atomic mass is 16.6. The van der Waals surface area contributed by atoms with Gasteiger partial charge in [0.1, 0.15) is 12.2 Å². The average molecular weight is 562 g/mol. The molecule has 2 aromatic heterocycles. The van der Waals surface area contributed by atoms with E-state index >= 15 is 0 Å². The summed E-state index contributed by atoms with van der Waals surface area (Å²) in [5.74, 6) is -0.789. The maximum Gasteiger partial charge on any atom is 0.407 e. The first-order valence-corrected chi connectivity index (χ1v) is 13.6. The number of aryl methyl sites for hydroxylation is 2. The number of amides is 1. The molecule has 0 bridgehead atoms. The Morgan fingerprint density at radius 2 is 1.66 bits per heavy atom. The summed E-state index contributed by atoms with van der Waals surface area (Å²) in [5.41, 5.74) is 5.00. The normalized spacial score (nSPS) is 11.2. The molecule has 0 aliphatic heterocycles. The van der Waals surface area contributed by atoms with Crippen molar-refractivity contribution < 1.29 is 28.6 Å². The molecular weight excluding hydrogens is 522 g/mol. The molecule has 0 radical (unpaired) electrons. The zero-order chi connectivity index (χ0) is 30.3. The van der Waals surface area contributed by atoms with Crippen molar-refractivity contribution in [3.05, 3.63) is 81.9 Å². The van der Waals surface area contributed by atoms with Crippen molar-refractivity contribution in [1.82, 2.24) is 15.3 Å². The maximum atomic E-state index is 13.7. The molecule has 9 heteroatoms. The van der Waals surface area contributed by atoms with Crippen LogP contribution in [0.3, 0.4) is 0 Å². The number of hydrogen-bond donors (Lipinski definition) is 1. The quantitative estimate of drug-likeness (QED) is 0.245. The molecule has 0 aliphatic rings. The third-order valence-corrected chi connectivity index (χ3v) is 6.12. The molecule has 41 heavy (non-hydrogen) atoms. The summed E-state index contributed by atoms with van der Waals surface area (Å²) in [6.45, 7) is 13.4. The van der Waals surface area contributed by atoms with E-state index in [0.29, 0.717) is 34.5 Å². The molecule has 3 rings (SSSR count). The third kappa shape index (κ3) is 8.61. The summed E-state index contributed by atoms with van der Waals surface area (Å²) in [7, 11) is 1.30. The number of hydrogen-bond acceptors (Lipinski definition) is 8. The van der Waals surface area contributed by atoms with Gasteiger partial charge in [-0.3, -0.25) is 9.97 Å². The van der Waals surface area contributed by atoms with Gasteiger partial charge in [-0.25, -0.2) is 14.4 Å². The Kier molecular flexibility index (Phi) is 10.2. The van der Waals surface area contributed by atoms with E-state index in [1.807, 2.05) is 31.2 Å². The summed E-state index contributed by atoms with van der Waals surface area (Å²) < 4.78 is 15.9. The molecule has 0 aliphatic carbocycles. The first kappa shape index (κ1) is 31.3. The van der Waals surface area contributed by atoms with Crippen molar-refractivity contribution in [3.8, 4) is 11.1 Å². The highest BCUT2D eigenvalue weighted by Crippen LogP contribution is 2.33. The minimum absolute atomic E-state index is 0.105. The number of nitrogens with one attached hydrogen (secondary N) is 1. The minimum atomic E-state index is -0.659. The van der Waals surface area contributed by atoms with E-state index in [2.05, 4.69) is 24.1 Å². The van der Waals surface area contributed by atoms with Crippen LogP contribution in [-0.4, -0.2) is 40.7 Å². The van der Waals surface area contributed by atoms with Crippen LogP contribution in [-0.2, 0) is 33.8 Å². The van der Waals surface area contributed by atoms with Gasteiger partial charge in [-0.1, -0.05) is 43.7 Å². The largest absolute Gasteiger partial charge is 0.465 e. The van der Waals surface area contributed by atoms with E-state index in [1.54, 1.807) is 39.8 Å². The second-order valence-electron chi connectivity index (χ2n) is 11.3. The van der Waals surface area contributed by atoms with E-state index in [1.165, 1.54) is 13.3 Å². The van der Waals surface area contributed by atoms with Gasteiger partial charge in [0.2, 0.25) is 0 Å². The molecule has 1 amide bonds. The Labute approximate surface area is 241 Å². The Morgan fingerprint density at radius 3 is 2.22 bits per heavy atom. The van der Waals surface area contributed by atoms with E-state index < -0.39 is 23.6 Å². The van der Waals surface area contributed by atoms with Gasteiger partial charge >= 0.3 is 18.0 Å². The summed E-state index contributed by atoms with van der Waals surface area (Å²) in [6, 6.07) is 11.0. The molecule has 0 fully saturated rings. The smallest absolute Gasteiger partial charge is 0.407 e. The summed E-state index contributed by atoms with van der Waals surface area (Å²) in [5, 5.41) is 2.85. The van der Waals surface area contributed by atoms with E-state index in [0.717, 1.165) is 22.4 Å². The SMILES string of the molecule is COC(=O)c1ccc(COC(=O)c2c(C)nc(CC(C)C)c(CNC(=O)OC(C)(C)C)c2-c2ccc(C)cc2)nc1. The molecule has 0 unspecified atom stereocenters. The van der Waals surface area contributed by atoms with Crippen molar-refractivity contribution in [2.75, 3.05) is 7.11 Å². The Morgan fingerprint density at radius 1 is 0.976 bits per heavy atom. The second kappa shape index (κ2) is 13.4. The number of methoxy groups -OCH3 is 1. The van der Waals surface area contributed by atoms with Gasteiger partial charge < -0.3 is 19.5 Å². The number of esters is 2. The number of nitrogens with zero attached hydrogens (tertiary/aromatic N) is 2. The minimum Gasteiger partial charge on any atom is -0.465 e. The number of aromatic nitrogens is 2. The monoisotopic (exact) mass is 561 g/mol. The third-order valence-electron chi connectivity index (χ3n) is 6.12. The summed E-state index contributed by atoms with van der Waals surface area (Å²) in [4.78, 5) is 47.0. The summed E-state index contributed by atoms with van der Waals surface area (Å²) >= 11 is 0. The molecule has 2 heterocycles. The lowest BCUT2D eigenvalue weighted by atomic mass is 9.89. The predicted octanol–water partition coefficient (Wildman–Crippen LogP) is 6.13. The highest BCUT2D eigenvalue weighted by Gasteiger charge is 2.26. The fraction of sp³-hybridized carbons (Fsp3) is 0.406. The Balaban J connectivity index is 2.05. The predicted molar refractivity (Wildman–Crippen MR) is 155 cm³/mol. The van der Waals surface area contributed by atoms with Crippen LogP contribution in [0.4, 0.5) is 4.79 Å². The van der Waals surface area contributed by atoms with Crippen LogP contribution in [0.25, 0.3) is 11.1 Å². The molecular formula is C32H39N3O6. The van der Waals surface area contributed by atoms with Crippen molar-refractivity contribution in [3.63, 3.8) is 0 Å². The van der Waals surface area contributed by atoms with Crippen LogP contribution in [0.2, 0.25) is 0 Å². The zero-order valence-corrected chi connectivity index (χ0v) is 25.1. The van der Waals surface area contributed by atoms with Crippen LogP contribution in [0.1, 0.15) is 83.5 Å². The molecule has 3 aromatic rings. The van der Waals surface area contributed by atoms with Crippen molar-refractivity contribution >= 4 is 18.0 Å². The first-order valence-electron chi connectivity index (χ1n) is 13.6. The lowest BCUT2D eigenvalue weighted by molar-refractivity contribution is 0.0465. The van der Waals surface area contributed by atoms with E-state index in [9.17, 15) is 14.4 Å². The van der Waals surface area contributed by atoms with Crippen molar-refractivity contribution in [2.45, 2.75) is 73.6 Å². The van der Waals surface area contributed by atoms with Crippen LogP contribution in [0, 0.1) is 19.8 Å². The first-order chi connectivity index (χ1) is 19.3. The molecule has 9 nitrogen and oxygen atoms in total. The van der Waals surface area contributed by atoms with Gasteiger partial charge in [-0.15, -0.1) is 0 Å². The number of carbonyl (C=O) groups is 3. The van der Waals surface area contributed by atoms with Crippen LogP contribution in [0.5, 0.6) is 0 Å². The van der Waals surface area contributed by atoms with E-state index in [-0.39, 0.29) is 19.1 Å². The van der Waals surface area contributed by atoms with Crippen LogP contribution >= 0.6 is 0 Å². The fourth-order valence-electron chi connectivity index (χ4n) is 4.27. The zero-order valence-electron chi connectivity index (χ0n) is 25.1. The number of benzene rings is 1. The van der Waals surface area contributed by atoms with Crippen molar-refractivity contribution in [1.29, 1.82) is 0 Å². The van der Waals surface area contributed by atoms with Crippen molar-refractivity contribution in [2.24, 2.45) is 5.92 Å². The fourth-order valence-corrected chi connectivity index (χ4v) is 4.27. The molecule has 0 spiro atoms. The number of carbonyl (C=O) groups excluding carboxylic acids is 3. The van der Waals surface area contributed by atoms with Crippen LogP contribution in [0.15, 0.2) is 42.6 Å². The van der Waals surface area contributed by atoms with E-state index in [4.69, 9.17) is 19.2 Å². The average Bonchev–Trinajstić information content (AvgIpc) is 2.90. The van der Waals surface area contributed by atoms with Crippen LogP contribution < -0.4 is 5.32 Å². The number of ether oxygens (including phenoxy) is 3. The topological polar surface area (TPSA) is 117 Å². The Hall–Kier alpha value is -4.27. The second-order valence-corrected chi connectivity index (χ2v) is 11.3. The number of rotatable bonds is 9. The summed E-state index contributed by atoms with van der Waals surface area (Å²) in [6.07, 6.45) is 1.46. The molecule has 218 valence electrons. The van der Waals surface area contributed by atoms with Gasteiger partial charge in [0.25, 0.3) is 0 Å². The lowest BCUT2D eigenvalue weighted by Gasteiger charge is -2.23. The number of alkyl carbamates (subject to hydrolysis) is 1. The van der Waals surface area contributed by atoms with Gasteiger partial charge in [0, 0.05) is 29.6 Å². The van der Waals surface area contributed by atoms with Gasteiger partial charge in [-0.2, -0.15) is 0 Å². The highest BCUT2D eigenvalue weighted by molar-refractivity contribution is 5.99.